The number of hydrogen-bond acceptors (Lipinski definition) is 1. The van der Waals surface area contributed by atoms with E-state index in [2.05, 4.69) is 11.9 Å². The second-order valence-corrected chi connectivity index (χ2v) is 4.90. The maximum atomic E-state index is 8.01. The van der Waals surface area contributed by atoms with E-state index in [1.54, 1.807) is 6.07 Å². The zero-order valence-corrected chi connectivity index (χ0v) is 10.8. The number of halogens is 1. The summed E-state index contributed by atoms with van der Waals surface area (Å²) in [5.74, 6) is 0.914. The van der Waals surface area contributed by atoms with Gasteiger partial charge in [-0.15, -0.1) is 0 Å². The second-order valence-electron chi connectivity index (χ2n) is 4.46. The van der Waals surface area contributed by atoms with Crippen LogP contribution >= 0.6 is 11.6 Å². The van der Waals surface area contributed by atoms with Crippen molar-refractivity contribution in [3.8, 4) is 0 Å². The van der Waals surface area contributed by atoms with Gasteiger partial charge in [0.15, 0.2) is 5.84 Å². The Labute approximate surface area is 107 Å². The van der Waals surface area contributed by atoms with Crippen LogP contribution in [0.2, 0.25) is 5.02 Å². The predicted octanol–water partition coefficient (Wildman–Crippen LogP) is 4.32. The van der Waals surface area contributed by atoms with E-state index in [1.165, 1.54) is 18.6 Å². The summed E-state index contributed by atoms with van der Waals surface area (Å²) < 4.78 is 0. The first-order valence-corrected chi connectivity index (χ1v) is 6.50. The number of amidine groups is 1. The van der Waals surface area contributed by atoms with Crippen molar-refractivity contribution in [2.24, 2.45) is 10.9 Å². The van der Waals surface area contributed by atoms with Crippen LogP contribution in [0.4, 0.5) is 0 Å². The molecule has 0 radical (unpaired) electrons. The van der Waals surface area contributed by atoms with Crippen LogP contribution in [0.5, 0.6) is 0 Å². The Balaban J connectivity index is 2.18. The predicted molar refractivity (Wildman–Crippen MR) is 73.3 cm³/mol. The van der Waals surface area contributed by atoms with E-state index < -0.39 is 0 Å². The Bertz CT molecular complexity index is 451. The lowest BCUT2D eigenvalue weighted by Gasteiger charge is -2.08. The molecule has 1 fully saturated rings. The van der Waals surface area contributed by atoms with E-state index in [1.807, 2.05) is 18.2 Å². The van der Waals surface area contributed by atoms with E-state index in [0.717, 1.165) is 18.4 Å². The minimum atomic E-state index is 0.336. The molecule has 0 bridgehead atoms. The highest BCUT2D eigenvalue weighted by atomic mass is 35.5. The van der Waals surface area contributed by atoms with Gasteiger partial charge in [0.1, 0.15) is 0 Å². The summed E-state index contributed by atoms with van der Waals surface area (Å²) in [6, 6.07) is 7.35. The summed E-state index contributed by atoms with van der Waals surface area (Å²) in [6.45, 7) is 2.19. The molecule has 2 rings (SSSR count). The highest BCUT2D eigenvalue weighted by molar-refractivity contribution is 6.31. The zero-order valence-electron chi connectivity index (χ0n) is 10.0. The van der Waals surface area contributed by atoms with E-state index in [4.69, 9.17) is 17.0 Å². The lowest BCUT2D eigenvalue weighted by atomic mass is 10.0. The summed E-state index contributed by atoms with van der Waals surface area (Å²) in [6.07, 6.45) is 4.60. The van der Waals surface area contributed by atoms with Crippen molar-refractivity contribution in [3.05, 3.63) is 34.9 Å². The fourth-order valence-corrected chi connectivity index (χ4v) is 2.52. The molecule has 1 saturated carbocycles. The number of hydrogen-bond donors (Lipinski definition) is 1. The van der Waals surface area contributed by atoms with Crippen molar-refractivity contribution in [2.45, 2.75) is 32.6 Å². The molecule has 0 aliphatic heterocycles. The van der Waals surface area contributed by atoms with Crippen LogP contribution in [0.3, 0.4) is 0 Å². The molecule has 0 amide bonds. The molecule has 0 saturated heterocycles. The molecule has 1 aromatic carbocycles. The monoisotopic (exact) mass is 248 g/mol. The highest BCUT2D eigenvalue weighted by Gasteiger charge is 2.21. The summed E-state index contributed by atoms with van der Waals surface area (Å²) in [5, 5.41) is 8.67. The van der Waals surface area contributed by atoms with Gasteiger partial charge in [0, 0.05) is 16.3 Å². The third-order valence-corrected chi connectivity index (χ3v) is 3.54. The lowest BCUT2D eigenvalue weighted by molar-refractivity contribution is 0.644. The second kappa shape index (κ2) is 5.46. The Hall–Kier alpha value is -1.15. The molecular weight excluding hydrogens is 232 g/mol. The van der Waals surface area contributed by atoms with Gasteiger partial charge in [-0.2, -0.15) is 0 Å². The molecular formula is C14H17ClN2. The normalized spacial score (nSPS) is 22.0. The Kier molecular flexibility index (Phi) is 3.95. The number of nitrogens with zero attached hydrogens (tertiary/aromatic N) is 1. The average molecular weight is 249 g/mol. The molecule has 1 aromatic rings. The average Bonchev–Trinajstić information content (AvgIpc) is 2.76. The van der Waals surface area contributed by atoms with E-state index >= 15 is 0 Å². The third kappa shape index (κ3) is 2.95. The van der Waals surface area contributed by atoms with E-state index in [-0.39, 0.29) is 0 Å². The number of benzene rings is 1. The van der Waals surface area contributed by atoms with Gasteiger partial charge in [0.05, 0.1) is 0 Å². The first-order chi connectivity index (χ1) is 8.20. The first-order valence-electron chi connectivity index (χ1n) is 6.12. The molecule has 1 atom stereocenters. The summed E-state index contributed by atoms with van der Waals surface area (Å²) >= 11 is 5.92. The van der Waals surface area contributed by atoms with Crippen molar-refractivity contribution >= 4 is 23.1 Å². The van der Waals surface area contributed by atoms with Crippen LogP contribution < -0.4 is 0 Å². The van der Waals surface area contributed by atoms with Gasteiger partial charge in [0.25, 0.3) is 0 Å². The molecule has 0 heterocycles. The molecule has 1 aliphatic carbocycles. The van der Waals surface area contributed by atoms with Gasteiger partial charge in [-0.25, -0.2) is 4.99 Å². The Morgan fingerprint density at radius 3 is 3.06 bits per heavy atom. The minimum absolute atomic E-state index is 0.336. The SMILES string of the molecule is CCC1CCC/C1=N/C(=N)c1cccc(Cl)c1. The van der Waals surface area contributed by atoms with Gasteiger partial charge < -0.3 is 0 Å². The van der Waals surface area contributed by atoms with Gasteiger partial charge in [-0.05, 0) is 43.7 Å². The molecule has 2 nitrogen and oxygen atoms in total. The van der Waals surface area contributed by atoms with E-state index in [0.29, 0.717) is 16.8 Å². The molecule has 90 valence electrons. The van der Waals surface area contributed by atoms with E-state index in [9.17, 15) is 0 Å². The van der Waals surface area contributed by atoms with Crippen LogP contribution in [0, 0.1) is 11.3 Å². The van der Waals surface area contributed by atoms with Crippen LogP contribution in [-0.2, 0) is 0 Å². The molecule has 17 heavy (non-hydrogen) atoms. The summed E-state index contributed by atoms with van der Waals surface area (Å²) in [4.78, 5) is 4.48. The Morgan fingerprint density at radius 1 is 1.53 bits per heavy atom. The van der Waals surface area contributed by atoms with Crippen molar-refractivity contribution < 1.29 is 0 Å². The molecule has 0 spiro atoms. The fourth-order valence-electron chi connectivity index (χ4n) is 2.33. The number of nitrogens with one attached hydrogen (secondary N) is 1. The van der Waals surface area contributed by atoms with Crippen molar-refractivity contribution in [1.82, 2.24) is 0 Å². The summed E-state index contributed by atoms with van der Waals surface area (Å²) in [5.41, 5.74) is 1.99. The molecule has 0 aromatic heterocycles. The van der Waals surface area contributed by atoms with Crippen molar-refractivity contribution in [1.29, 1.82) is 5.41 Å². The third-order valence-electron chi connectivity index (χ3n) is 3.30. The molecule has 1 N–H and O–H groups in total. The standard InChI is InChI=1S/C14H17ClN2/c1-2-10-5-4-8-13(10)17-14(16)11-6-3-7-12(15)9-11/h3,6-7,9-10,16H,2,4-5,8H2,1H3/b16-14?,17-13-. The van der Waals surface area contributed by atoms with Crippen LogP contribution in [0.1, 0.15) is 38.2 Å². The highest BCUT2D eigenvalue weighted by Crippen LogP contribution is 2.25. The maximum Gasteiger partial charge on any atom is 0.151 e. The topological polar surface area (TPSA) is 36.2 Å². The number of rotatable bonds is 2. The quantitative estimate of drug-likeness (QED) is 0.598. The van der Waals surface area contributed by atoms with Crippen molar-refractivity contribution in [3.63, 3.8) is 0 Å². The van der Waals surface area contributed by atoms with Gasteiger partial charge >= 0.3 is 0 Å². The van der Waals surface area contributed by atoms with Crippen LogP contribution in [0.25, 0.3) is 0 Å². The Morgan fingerprint density at radius 2 is 2.35 bits per heavy atom. The summed E-state index contributed by atoms with van der Waals surface area (Å²) in [7, 11) is 0. The maximum absolute atomic E-state index is 8.01. The van der Waals surface area contributed by atoms with Crippen LogP contribution in [0.15, 0.2) is 29.3 Å². The fraction of sp³-hybridized carbons (Fsp3) is 0.429. The number of aliphatic imine (C=N–C) groups is 1. The first kappa shape index (κ1) is 12.3. The molecule has 3 heteroatoms. The zero-order chi connectivity index (χ0) is 12.3. The van der Waals surface area contributed by atoms with Gasteiger partial charge in [-0.1, -0.05) is 30.7 Å². The van der Waals surface area contributed by atoms with Crippen molar-refractivity contribution in [2.75, 3.05) is 0 Å². The molecule has 1 unspecified atom stereocenters. The van der Waals surface area contributed by atoms with Crippen LogP contribution in [-0.4, -0.2) is 11.5 Å². The smallest absolute Gasteiger partial charge is 0.151 e. The molecule has 1 aliphatic rings. The minimum Gasteiger partial charge on any atom is -0.282 e. The lowest BCUT2D eigenvalue weighted by Crippen LogP contribution is -2.09. The van der Waals surface area contributed by atoms with Gasteiger partial charge in [-0.3, -0.25) is 5.41 Å². The van der Waals surface area contributed by atoms with Gasteiger partial charge in [0.2, 0.25) is 0 Å². The largest absolute Gasteiger partial charge is 0.282 e.